The van der Waals surface area contributed by atoms with Gasteiger partial charge in [0.25, 0.3) is 0 Å². The van der Waals surface area contributed by atoms with E-state index in [4.69, 9.17) is 9.47 Å². The molecule has 1 aromatic heterocycles. The maximum absolute atomic E-state index is 11.3. The Labute approximate surface area is 172 Å². The Hall–Kier alpha value is -4.13. The number of nitrogens with one attached hydrogen (secondary N) is 1. The van der Waals surface area contributed by atoms with Gasteiger partial charge >= 0.3 is 5.97 Å². The van der Waals surface area contributed by atoms with Gasteiger partial charge in [0.05, 0.1) is 12.7 Å². The monoisotopic (exact) mass is 401 g/mol. The molecule has 0 aliphatic heterocycles. The Morgan fingerprint density at radius 2 is 1.80 bits per heavy atom. The number of rotatable bonds is 6. The number of fused-ring (bicyclic) bond motifs is 1. The molecule has 1 heterocycles. The summed E-state index contributed by atoms with van der Waals surface area (Å²) in [7, 11) is 1.48. The number of ether oxygens (including phenoxy) is 2. The second-order valence-electron chi connectivity index (χ2n) is 6.65. The van der Waals surface area contributed by atoms with E-state index in [2.05, 4.69) is 22.2 Å². The minimum absolute atomic E-state index is 0.105. The van der Waals surface area contributed by atoms with Crippen molar-refractivity contribution in [3.8, 4) is 17.4 Å². The third-order valence-electron chi connectivity index (χ3n) is 4.62. The first-order valence-electron chi connectivity index (χ1n) is 9.21. The van der Waals surface area contributed by atoms with E-state index in [0.717, 1.165) is 16.3 Å². The van der Waals surface area contributed by atoms with Crippen LogP contribution in [0.1, 0.15) is 15.9 Å². The maximum atomic E-state index is 11.3. The molecule has 7 nitrogen and oxygen atoms in total. The summed E-state index contributed by atoms with van der Waals surface area (Å²) in [6.07, 6.45) is 1.38. The standard InChI is InChI=1S/C23H19N3O4/c1-14-7-8-20(19-6-4-3-5-18(14)19)30-22-12-21(24-13-25-22)26-16-9-15(23(27)28)10-17(11-16)29-2/h3-13H,1-2H3,(H,27,28)(H,24,25,26). The van der Waals surface area contributed by atoms with Crippen LogP contribution < -0.4 is 14.8 Å². The summed E-state index contributed by atoms with van der Waals surface area (Å²) in [6, 6.07) is 18.2. The van der Waals surface area contributed by atoms with Gasteiger partial charge in [0.15, 0.2) is 0 Å². The zero-order valence-electron chi connectivity index (χ0n) is 16.4. The molecule has 0 bridgehead atoms. The van der Waals surface area contributed by atoms with Crippen LogP contribution >= 0.6 is 0 Å². The summed E-state index contributed by atoms with van der Waals surface area (Å²) < 4.78 is 11.2. The number of methoxy groups -OCH3 is 1. The summed E-state index contributed by atoms with van der Waals surface area (Å²) in [5.74, 6) is 0.892. The molecular weight excluding hydrogens is 382 g/mol. The lowest BCUT2D eigenvalue weighted by atomic mass is 10.1. The van der Waals surface area contributed by atoms with Crippen molar-refractivity contribution in [2.45, 2.75) is 6.92 Å². The SMILES string of the molecule is COc1cc(Nc2cc(Oc3ccc(C)c4ccccc34)ncn2)cc(C(=O)O)c1. The predicted molar refractivity (Wildman–Crippen MR) is 114 cm³/mol. The van der Waals surface area contributed by atoms with Gasteiger partial charge in [-0.1, -0.05) is 30.3 Å². The van der Waals surface area contributed by atoms with Gasteiger partial charge in [-0.2, -0.15) is 0 Å². The zero-order valence-corrected chi connectivity index (χ0v) is 16.4. The minimum Gasteiger partial charge on any atom is -0.497 e. The van der Waals surface area contributed by atoms with E-state index in [-0.39, 0.29) is 5.56 Å². The molecule has 0 radical (unpaired) electrons. The quantitative estimate of drug-likeness (QED) is 0.460. The fraction of sp³-hybridized carbons (Fsp3) is 0.0870. The van der Waals surface area contributed by atoms with Crippen LogP contribution in [0, 0.1) is 6.92 Å². The highest BCUT2D eigenvalue weighted by Crippen LogP contribution is 2.32. The third-order valence-corrected chi connectivity index (χ3v) is 4.62. The Bertz CT molecular complexity index is 1240. The van der Waals surface area contributed by atoms with Gasteiger partial charge in [-0.25, -0.2) is 14.8 Å². The Balaban J connectivity index is 1.62. The highest BCUT2D eigenvalue weighted by Gasteiger charge is 2.10. The third kappa shape index (κ3) is 4.00. The van der Waals surface area contributed by atoms with Crippen LogP contribution in [-0.4, -0.2) is 28.2 Å². The molecule has 0 spiro atoms. The molecule has 0 saturated heterocycles. The summed E-state index contributed by atoms with van der Waals surface area (Å²) in [5, 5.41) is 14.5. The molecule has 0 aliphatic carbocycles. The number of anilines is 2. The molecular formula is C23H19N3O4. The molecule has 0 fully saturated rings. The van der Waals surface area contributed by atoms with Gasteiger partial charge in [-0.05, 0) is 36.1 Å². The van der Waals surface area contributed by atoms with Crippen molar-refractivity contribution in [1.82, 2.24) is 9.97 Å². The normalized spacial score (nSPS) is 10.6. The second-order valence-corrected chi connectivity index (χ2v) is 6.65. The molecule has 0 atom stereocenters. The summed E-state index contributed by atoms with van der Waals surface area (Å²) in [5.41, 5.74) is 1.79. The van der Waals surface area contributed by atoms with Crippen LogP contribution in [0.25, 0.3) is 10.8 Å². The average molecular weight is 401 g/mol. The molecule has 150 valence electrons. The fourth-order valence-corrected chi connectivity index (χ4v) is 3.15. The van der Waals surface area contributed by atoms with Crippen molar-refractivity contribution in [2.24, 2.45) is 0 Å². The molecule has 0 saturated carbocycles. The van der Waals surface area contributed by atoms with E-state index in [0.29, 0.717) is 28.9 Å². The zero-order chi connectivity index (χ0) is 21.1. The van der Waals surface area contributed by atoms with Crippen molar-refractivity contribution < 1.29 is 19.4 Å². The topological polar surface area (TPSA) is 93.6 Å². The van der Waals surface area contributed by atoms with E-state index in [1.54, 1.807) is 12.1 Å². The van der Waals surface area contributed by atoms with Crippen molar-refractivity contribution in [3.63, 3.8) is 0 Å². The van der Waals surface area contributed by atoms with Gasteiger partial charge < -0.3 is 19.9 Å². The Morgan fingerprint density at radius 1 is 1.00 bits per heavy atom. The van der Waals surface area contributed by atoms with E-state index in [1.807, 2.05) is 36.4 Å². The van der Waals surface area contributed by atoms with E-state index < -0.39 is 5.97 Å². The number of nitrogens with zero attached hydrogens (tertiary/aromatic N) is 2. The smallest absolute Gasteiger partial charge is 0.335 e. The lowest BCUT2D eigenvalue weighted by molar-refractivity contribution is 0.0696. The minimum atomic E-state index is -1.05. The first-order valence-corrected chi connectivity index (χ1v) is 9.21. The van der Waals surface area contributed by atoms with Crippen LogP contribution in [0.5, 0.6) is 17.4 Å². The lowest BCUT2D eigenvalue weighted by Gasteiger charge is -2.12. The van der Waals surface area contributed by atoms with Gasteiger partial charge in [0, 0.05) is 23.2 Å². The van der Waals surface area contributed by atoms with Crippen molar-refractivity contribution in [2.75, 3.05) is 12.4 Å². The van der Waals surface area contributed by atoms with E-state index >= 15 is 0 Å². The number of aromatic carboxylic acids is 1. The van der Waals surface area contributed by atoms with Gasteiger partial charge in [0.2, 0.25) is 5.88 Å². The van der Waals surface area contributed by atoms with Crippen LogP contribution in [-0.2, 0) is 0 Å². The summed E-state index contributed by atoms with van der Waals surface area (Å²) in [6.45, 7) is 2.05. The molecule has 30 heavy (non-hydrogen) atoms. The number of hydrogen-bond donors (Lipinski definition) is 2. The molecule has 4 aromatic rings. The number of carboxylic acid groups (broad SMARTS) is 1. The first kappa shape index (κ1) is 19.2. The number of aryl methyl sites for hydroxylation is 1. The molecule has 0 aliphatic rings. The highest BCUT2D eigenvalue weighted by atomic mass is 16.5. The summed E-state index contributed by atoms with van der Waals surface area (Å²) in [4.78, 5) is 19.7. The average Bonchev–Trinajstić information content (AvgIpc) is 2.76. The van der Waals surface area contributed by atoms with Crippen molar-refractivity contribution >= 4 is 28.2 Å². The van der Waals surface area contributed by atoms with Crippen LogP contribution in [0.15, 0.2) is 67.0 Å². The molecule has 3 aromatic carbocycles. The van der Waals surface area contributed by atoms with Crippen LogP contribution in [0.3, 0.4) is 0 Å². The van der Waals surface area contributed by atoms with E-state index in [1.165, 1.54) is 25.6 Å². The molecule has 4 rings (SSSR count). The molecule has 0 amide bonds. The fourth-order valence-electron chi connectivity index (χ4n) is 3.15. The predicted octanol–water partition coefficient (Wildman–Crippen LogP) is 5.18. The molecule has 7 heteroatoms. The molecule has 2 N–H and O–H groups in total. The number of carboxylic acids is 1. The number of carbonyl (C=O) groups is 1. The Morgan fingerprint density at radius 3 is 2.57 bits per heavy atom. The Kier molecular flexibility index (Phi) is 5.17. The number of benzene rings is 3. The largest absolute Gasteiger partial charge is 0.497 e. The first-order chi connectivity index (χ1) is 14.5. The van der Waals surface area contributed by atoms with Crippen LogP contribution in [0.4, 0.5) is 11.5 Å². The number of hydrogen-bond acceptors (Lipinski definition) is 6. The number of aromatic nitrogens is 2. The van der Waals surface area contributed by atoms with Crippen molar-refractivity contribution in [1.29, 1.82) is 0 Å². The van der Waals surface area contributed by atoms with Gasteiger partial charge in [-0.15, -0.1) is 0 Å². The van der Waals surface area contributed by atoms with Gasteiger partial charge in [0.1, 0.15) is 23.6 Å². The lowest BCUT2D eigenvalue weighted by Crippen LogP contribution is -2.01. The maximum Gasteiger partial charge on any atom is 0.335 e. The van der Waals surface area contributed by atoms with Gasteiger partial charge in [-0.3, -0.25) is 0 Å². The second kappa shape index (κ2) is 8.08. The molecule has 0 unspecified atom stereocenters. The van der Waals surface area contributed by atoms with Crippen molar-refractivity contribution in [3.05, 3.63) is 78.1 Å². The summed E-state index contributed by atoms with van der Waals surface area (Å²) >= 11 is 0. The van der Waals surface area contributed by atoms with E-state index in [9.17, 15) is 9.90 Å². The van der Waals surface area contributed by atoms with Crippen LogP contribution in [0.2, 0.25) is 0 Å². The highest BCUT2D eigenvalue weighted by molar-refractivity contribution is 5.91.